The molecule has 21 heteroatoms. The van der Waals surface area contributed by atoms with Crippen molar-refractivity contribution in [3.05, 3.63) is 0 Å². The topological polar surface area (TPSA) is 306 Å². The minimum Gasteiger partial charge on any atom is -0.480 e. The second-order valence-corrected chi connectivity index (χ2v) is 12.2. The highest BCUT2D eigenvalue weighted by molar-refractivity contribution is 8.76. The summed E-state index contributed by atoms with van der Waals surface area (Å²) in [5, 5.41) is 29.9. The van der Waals surface area contributed by atoms with Gasteiger partial charge < -0.3 is 53.1 Å². The van der Waals surface area contributed by atoms with Crippen molar-refractivity contribution in [2.24, 2.45) is 11.5 Å². The molecule has 0 heterocycles. The summed E-state index contributed by atoms with van der Waals surface area (Å²) in [5.41, 5.74) is 10.8. The highest BCUT2D eigenvalue weighted by Gasteiger charge is 2.25. The molecule has 4 unspecified atom stereocenters. The first-order chi connectivity index (χ1) is 21.2. The Morgan fingerprint density at radius 1 is 0.711 bits per heavy atom. The van der Waals surface area contributed by atoms with E-state index in [-0.39, 0.29) is 43.7 Å². The molecule has 0 aliphatic rings. The summed E-state index contributed by atoms with van der Waals surface area (Å²) in [6.07, 6.45) is -1.10. The van der Waals surface area contributed by atoms with Crippen LogP contribution in [0.25, 0.3) is 0 Å². The van der Waals surface area contributed by atoms with E-state index >= 15 is 0 Å². The molecule has 0 aliphatic carbocycles. The van der Waals surface area contributed by atoms with E-state index in [1.807, 2.05) is 0 Å². The van der Waals surface area contributed by atoms with Crippen molar-refractivity contribution in [1.29, 1.82) is 0 Å². The summed E-state index contributed by atoms with van der Waals surface area (Å²) >= 11 is 3.97. The van der Waals surface area contributed by atoms with Crippen LogP contribution in [0.2, 0.25) is 0 Å². The molecule has 11 N–H and O–H groups in total. The lowest BCUT2D eigenvalue weighted by Crippen LogP contribution is -2.50. The van der Waals surface area contributed by atoms with E-state index < -0.39 is 90.9 Å². The molecule has 18 nitrogen and oxygen atoms in total. The SMILES string of the molecule is NC(CCC(=O)NC(CSSCC(NC(=O)CCC(N)C(=O)O)C(=O)NCC(=O)NCCS)C(=O)NCC(=O)CC=O)C(=O)O. The Balaban J connectivity index is 5.38. The molecule has 5 amide bonds. The van der Waals surface area contributed by atoms with Crippen LogP contribution in [0.4, 0.5) is 0 Å². The summed E-state index contributed by atoms with van der Waals surface area (Å²) in [6.45, 7) is -0.618. The molecule has 4 atom stereocenters. The van der Waals surface area contributed by atoms with Gasteiger partial charge >= 0.3 is 11.9 Å². The van der Waals surface area contributed by atoms with Crippen molar-refractivity contribution in [1.82, 2.24) is 26.6 Å². The number of carboxylic acid groups (broad SMARTS) is 2. The second-order valence-electron chi connectivity index (χ2n) is 9.19. The Morgan fingerprint density at radius 3 is 1.56 bits per heavy atom. The van der Waals surface area contributed by atoms with Crippen LogP contribution >= 0.6 is 34.2 Å². The molecule has 254 valence electrons. The zero-order valence-electron chi connectivity index (χ0n) is 24.2. The van der Waals surface area contributed by atoms with Gasteiger partial charge in [-0.2, -0.15) is 12.6 Å². The number of carbonyl (C=O) groups is 9. The average molecular weight is 698 g/mol. The molecule has 0 aliphatic heterocycles. The molecule has 0 saturated carbocycles. The molecule has 0 bridgehead atoms. The molecule has 0 aromatic rings. The number of ketones is 1. The van der Waals surface area contributed by atoms with Crippen LogP contribution in [0.15, 0.2) is 0 Å². The van der Waals surface area contributed by atoms with E-state index in [9.17, 15) is 43.2 Å². The zero-order chi connectivity index (χ0) is 34.4. The number of nitrogens with two attached hydrogens (primary N) is 2. The molecule has 0 aromatic heterocycles. The first kappa shape index (κ1) is 41.6. The number of Topliss-reactive ketones (excluding diaryl/α,β-unsaturated/α-hetero) is 1. The van der Waals surface area contributed by atoms with Gasteiger partial charge in [0, 0.05) is 36.6 Å². The van der Waals surface area contributed by atoms with Gasteiger partial charge in [-0.25, -0.2) is 0 Å². The van der Waals surface area contributed by atoms with Crippen LogP contribution in [0.3, 0.4) is 0 Å². The summed E-state index contributed by atoms with van der Waals surface area (Å²) in [6, 6.07) is -5.03. The van der Waals surface area contributed by atoms with Crippen LogP contribution in [-0.4, -0.2) is 125 Å². The van der Waals surface area contributed by atoms with Gasteiger partial charge in [-0.3, -0.25) is 38.4 Å². The van der Waals surface area contributed by atoms with Crippen molar-refractivity contribution in [2.45, 2.75) is 56.3 Å². The lowest BCUT2D eigenvalue weighted by atomic mass is 10.1. The quantitative estimate of drug-likeness (QED) is 0.0144. The van der Waals surface area contributed by atoms with Crippen molar-refractivity contribution < 1.29 is 53.4 Å². The van der Waals surface area contributed by atoms with Gasteiger partial charge in [0.05, 0.1) is 19.5 Å². The van der Waals surface area contributed by atoms with Gasteiger partial charge in [0.2, 0.25) is 29.5 Å². The largest absolute Gasteiger partial charge is 0.480 e. The van der Waals surface area contributed by atoms with Gasteiger partial charge in [-0.15, -0.1) is 0 Å². The number of carboxylic acids is 2. The number of hydrogen-bond donors (Lipinski definition) is 10. The molecule has 45 heavy (non-hydrogen) atoms. The minimum atomic E-state index is -1.31. The van der Waals surface area contributed by atoms with Crippen molar-refractivity contribution in [2.75, 3.05) is 36.9 Å². The summed E-state index contributed by atoms with van der Waals surface area (Å²) in [4.78, 5) is 106. The smallest absolute Gasteiger partial charge is 0.320 e. The van der Waals surface area contributed by atoms with E-state index in [0.29, 0.717) is 12.0 Å². The second kappa shape index (κ2) is 23.9. The summed E-state index contributed by atoms with van der Waals surface area (Å²) < 4.78 is 0. The average Bonchev–Trinajstić information content (AvgIpc) is 2.99. The predicted octanol–water partition coefficient (Wildman–Crippen LogP) is -3.84. The Bertz CT molecular complexity index is 1070. The molecule has 0 fully saturated rings. The fourth-order valence-electron chi connectivity index (χ4n) is 2.97. The number of amides is 5. The van der Waals surface area contributed by atoms with Gasteiger partial charge in [0.25, 0.3) is 0 Å². The highest BCUT2D eigenvalue weighted by atomic mass is 33.1. The van der Waals surface area contributed by atoms with Crippen LogP contribution in [0, 0.1) is 0 Å². The molecule has 0 saturated heterocycles. The number of thiol groups is 1. The van der Waals surface area contributed by atoms with Crippen LogP contribution in [-0.2, 0) is 43.2 Å². The summed E-state index contributed by atoms with van der Waals surface area (Å²) in [5.74, 6) is -6.42. The molecule has 0 spiro atoms. The normalized spacial score (nSPS) is 13.2. The third kappa shape index (κ3) is 20.3. The monoisotopic (exact) mass is 697 g/mol. The molecular weight excluding hydrogens is 659 g/mol. The van der Waals surface area contributed by atoms with Crippen LogP contribution in [0.5, 0.6) is 0 Å². The third-order valence-corrected chi connectivity index (χ3v) is 8.13. The Labute approximate surface area is 271 Å². The van der Waals surface area contributed by atoms with E-state index in [0.717, 1.165) is 21.6 Å². The molecule has 0 radical (unpaired) electrons. The van der Waals surface area contributed by atoms with Gasteiger partial charge in [-0.05, 0) is 12.8 Å². The minimum absolute atomic E-state index is 0.0982. The maximum absolute atomic E-state index is 12.8. The van der Waals surface area contributed by atoms with E-state index in [1.165, 1.54) is 0 Å². The van der Waals surface area contributed by atoms with Gasteiger partial charge in [0.1, 0.15) is 30.5 Å². The van der Waals surface area contributed by atoms with Crippen molar-refractivity contribution in [3.63, 3.8) is 0 Å². The number of carbonyl (C=O) groups excluding carboxylic acids is 7. The number of aldehydes is 1. The van der Waals surface area contributed by atoms with E-state index in [2.05, 4.69) is 39.2 Å². The first-order valence-electron chi connectivity index (χ1n) is 13.4. The summed E-state index contributed by atoms with van der Waals surface area (Å²) in [7, 11) is 2.01. The lowest BCUT2D eigenvalue weighted by Gasteiger charge is -2.20. The van der Waals surface area contributed by atoms with Crippen molar-refractivity contribution in [3.8, 4) is 0 Å². The fraction of sp³-hybridized carbons (Fsp3) is 0.625. The highest BCUT2D eigenvalue weighted by Crippen LogP contribution is 2.23. The van der Waals surface area contributed by atoms with Crippen LogP contribution < -0.4 is 38.1 Å². The number of aliphatic carboxylic acids is 2. The van der Waals surface area contributed by atoms with E-state index in [1.54, 1.807) is 0 Å². The third-order valence-electron chi connectivity index (χ3n) is 5.48. The Hall–Kier alpha value is -3.40. The Morgan fingerprint density at radius 2 is 1.16 bits per heavy atom. The maximum atomic E-state index is 12.8. The Kier molecular flexibility index (Phi) is 22.1. The fourth-order valence-corrected chi connectivity index (χ4v) is 5.41. The van der Waals surface area contributed by atoms with E-state index in [4.69, 9.17) is 21.7 Å². The molecular formula is C24H39N7O11S3. The molecule has 0 aromatic carbocycles. The maximum Gasteiger partial charge on any atom is 0.320 e. The standard InChI is InChI=1S/C24H39N7O11S3/c25-14(23(39)40)1-3-18(34)30-16(21(37)28-9-13(33)5-7-32)11-44-45-12-17(22(38)29-10-20(36)27-6-8-43)31-19(35)4-2-15(26)24(41)42/h7,14-17,43H,1-6,8-12,25-26H2,(H,27,36)(H,28,37)(H,29,38)(H,30,34)(H,31,35)(H,39,40)(H,41,42). The van der Waals surface area contributed by atoms with Gasteiger partial charge in [0.15, 0.2) is 5.78 Å². The number of nitrogens with one attached hydrogen (secondary N) is 5. The lowest BCUT2D eigenvalue weighted by molar-refractivity contribution is -0.140. The zero-order valence-corrected chi connectivity index (χ0v) is 26.7. The van der Waals surface area contributed by atoms with Crippen LogP contribution in [0.1, 0.15) is 32.1 Å². The van der Waals surface area contributed by atoms with Gasteiger partial charge in [-0.1, -0.05) is 21.6 Å². The first-order valence-corrected chi connectivity index (χ1v) is 16.5. The predicted molar refractivity (Wildman–Crippen MR) is 167 cm³/mol. The number of rotatable bonds is 25. The van der Waals surface area contributed by atoms with Crippen molar-refractivity contribution >= 4 is 87.8 Å². The molecule has 0 rings (SSSR count). The number of hydrogen-bond acceptors (Lipinski definition) is 14.